The molecule has 0 fully saturated rings. The van der Waals surface area contributed by atoms with E-state index in [2.05, 4.69) is 5.32 Å². The molecule has 4 heteroatoms. The van der Waals surface area contributed by atoms with Crippen molar-refractivity contribution in [3.63, 3.8) is 0 Å². The number of aromatic nitrogens is 1. The van der Waals surface area contributed by atoms with Crippen LogP contribution in [0.15, 0.2) is 42.6 Å². The molecule has 19 heavy (non-hydrogen) atoms. The summed E-state index contributed by atoms with van der Waals surface area (Å²) in [5.74, 6) is 0.688. The zero-order valence-corrected chi connectivity index (χ0v) is 11.4. The van der Waals surface area contributed by atoms with Crippen LogP contribution in [-0.4, -0.2) is 17.6 Å². The summed E-state index contributed by atoms with van der Waals surface area (Å²) in [4.78, 5) is 12.1. The minimum Gasteiger partial charge on any atom is -0.496 e. The molecule has 0 bridgehead atoms. The summed E-state index contributed by atoms with van der Waals surface area (Å²) in [7, 11) is 3.48. The number of nitrogens with zero attached hydrogens (tertiary/aromatic N) is 1. The molecule has 0 aliphatic carbocycles. The topological polar surface area (TPSA) is 43.3 Å². The van der Waals surface area contributed by atoms with E-state index < -0.39 is 0 Å². The van der Waals surface area contributed by atoms with Gasteiger partial charge in [0.1, 0.15) is 11.4 Å². The Balaban J connectivity index is 2.15. The lowest BCUT2D eigenvalue weighted by atomic mass is 10.1. The van der Waals surface area contributed by atoms with Gasteiger partial charge in [-0.05, 0) is 25.1 Å². The van der Waals surface area contributed by atoms with Crippen molar-refractivity contribution >= 4 is 5.91 Å². The maximum absolute atomic E-state index is 12.1. The van der Waals surface area contributed by atoms with Crippen molar-refractivity contribution < 1.29 is 9.53 Å². The number of ether oxygens (including phenoxy) is 1. The van der Waals surface area contributed by atoms with Crippen LogP contribution < -0.4 is 10.1 Å². The average molecular weight is 258 g/mol. The zero-order valence-electron chi connectivity index (χ0n) is 11.4. The van der Waals surface area contributed by atoms with Crippen LogP contribution in [-0.2, 0) is 7.05 Å². The lowest BCUT2D eigenvalue weighted by Gasteiger charge is -2.17. The van der Waals surface area contributed by atoms with Gasteiger partial charge in [-0.3, -0.25) is 4.79 Å². The summed E-state index contributed by atoms with van der Waals surface area (Å²) in [6, 6.07) is 11.2. The zero-order chi connectivity index (χ0) is 13.8. The van der Waals surface area contributed by atoms with Crippen LogP contribution in [0.25, 0.3) is 0 Å². The van der Waals surface area contributed by atoms with Crippen LogP contribution in [0.2, 0.25) is 0 Å². The number of hydrogen-bond acceptors (Lipinski definition) is 2. The van der Waals surface area contributed by atoms with Gasteiger partial charge < -0.3 is 14.6 Å². The largest absolute Gasteiger partial charge is 0.496 e. The third-order valence-corrected chi connectivity index (χ3v) is 3.13. The van der Waals surface area contributed by atoms with Crippen molar-refractivity contribution in [3.8, 4) is 5.75 Å². The molecule has 1 heterocycles. The maximum Gasteiger partial charge on any atom is 0.268 e. The Hall–Kier alpha value is -2.23. The van der Waals surface area contributed by atoms with E-state index in [0.29, 0.717) is 5.69 Å². The molecule has 0 radical (unpaired) electrons. The Bertz CT molecular complexity index is 575. The molecule has 2 aromatic rings. The molecule has 0 unspecified atom stereocenters. The molecule has 0 aliphatic rings. The number of para-hydroxylation sites is 1. The second kappa shape index (κ2) is 5.61. The molecule has 0 aliphatic heterocycles. The summed E-state index contributed by atoms with van der Waals surface area (Å²) in [5, 5.41) is 2.97. The molecule has 4 nitrogen and oxygen atoms in total. The quantitative estimate of drug-likeness (QED) is 0.915. The van der Waals surface area contributed by atoms with Crippen LogP contribution >= 0.6 is 0 Å². The van der Waals surface area contributed by atoms with E-state index in [9.17, 15) is 4.79 Å². The minimum absolute atomic E-state index is 0.0918. The fourth-order valence-corrected chi connectivity index (χ4v) is 2.07. The Morgan fingerprint density at radius 3 is 2.63 bits per heavy atom. The van der Waals surface area contributed by atoms with Crippen molar-refractivity contribution in [3.05, 3.63) is 53.9 Å². The van der Waals surface area contributed by atoms with Crippen LogP contribution in [0.5, 0.6) is 5.75 Å². The number of aryl methyl sites for hydroxylation is 1. The Labute approximate surface area is 113 Å². The summed E-state index contributed by atoms with van der Waals surface area (Å²) < 4.78 is 7.10. The number of hydrogen-bond donors (Lipinski definition) is 1. The van der Waals surface area contributed by atoms with Gasteiger partial charge >= 0.3 is 0 Å². The third-order valence-electron chi connectivity index (χ3n) is 3.13. The van der Waals surface area contributed by atoms with E-state index in [4.69, 9.17) is 4.74 Å². The highest BCUT2D eigenvalue weighted by Gasteiger charge is 2.15. The highest BCUT2D eigenvalue weighted by Crippen LogP contribution is 2.24. The predicted molar refractivity (Wildman–Crippen MR) is 74.3 cm³/mol. The van der Waals surface area contributed by atoms with Crippen molar-refractivity contribution in [1.82, 2.24) is 9.88 Å². The number of benzene rings is 1. The first-order valence-corrected chi connectivity index (χ1v) is 6.18. The minimum atomic E-state index is -0.112. The van der Waals surface area contributed by atoms with E-state index in [0.717, 1.165) is 11.3 Å². The van der Waals surface area contributed by atoms with Gasteiger partial charge in [0.05, 0.1) is 13.2 Å². The summed E-state index contributed by atoms with van der Waals surface area (Å²) in [6.07, 6.45) is 1.85. The number of rotatable bonds is 4. The second-order valence-corrected chi connectivity index (χ2v) is 4.44. The van der Waals surface area contributed by atoms with E-state index in [1.807, 2.05) is 50.5 Å². The molecule has 1 aromatic carbocycles. The van der Waals surface area contributed by atoms with Gasteiger partial charge in [0, 0.05) is 18.8 Å². The number of nitrogens with one attached hydrogen (secondary N) is 1. The van der Waals surface area contributed by atoms with Crippen molar-refractivity contribution in [2.45, 2.75) is 13.0 Å². The molecular formula is C15H18N2O2. The number of amides is 1. The highest BCUT2D eigenvalue weighted by atomic mass is 16.5. The summed E-state index contributed by atoms with van der Waals surface area (Å²) in [5.41, 5.74) is 1.61. The number of carbonyl (C=O) groups is 1. The van der Waals surface area contributed by atoms with Gasteiger partial charge in [-0.15, -0.1) is 0 Å². The smallest absolute Gasteiger partial charge is 0.268 e. The van der Waals surface area contributed by atoms with Gasteiger partial charge in [0.25, 0.3) is 5.91 Å². The molecule has 0 saturated heterocycles. The van der Waals surface area contributed by atoms with Crippen LogP contribution in [0.4, 0.5) is 0 Å². The Morgan fingerprint density at radius 2 is 2.00 bits per heavy atom. The molecule has 1 atom stereocenters. The molecule has 1 aromatic heterocycles. The van der Waals surface area contributed by atoms with E-state index in [-0.39, 0.29) is 11.9 Å². The van der Waals surface area contributed by atoms with Crippen molar-refractivity contribution in [1.29, 1.82) is 0 Å². The SMILES string of the molecule is COc1ccccc1[C@H](C)NC(=O)c1cccn1C. The van der Waals surface area contributed by atoms with Crippen LogP contribution in [0.1, 0.15) is 29.0 Å². The Kier molecular flexibility index (Phi) is 3.90. The molecular weight excluding hydrogens is 240 g/mol. The summed E-state index contributed by atoms with van der Waals surface area (Å²) in [6.45, 7) is 1.94. The van der Waals surface area contributed by atoms with E-state index in [1.165, 1.54) is 0 Å². The number of methoxy groups -OCH3 is 1. The molecule has 1 amide bonds. The van der Waals surface area contributed by atoms with Crippen LogP contribution in [0.3, 0.4) is 0 Å². The lowest BCUT2D eigenvalue weighted by molar-refractivity contribution is 0.0931. The standard InChI is InChI=1S/C15H18N2O2/c1-11(12-7-4-5-9-14(12)19-3)16-15(18)13-8-6-10-17(13)2/h4-11H,1-3H3,(H,16,18)/t11-/m0/s1. The molecule has 0 saturated carbocycles. The van der Waals surface area contributed by atoms with Gasteiger partial charge in [0.15, 0.2) is 0 Å². The fraction of sp³-hybridized carbons (Fsp3) is 0.267. The highest BCUT2D eigenvalue weighted by molar-refractivity contribution is 5.93. The molecule has 100 valence electrons. The van der Waals surface area contributed by atoms with Crippen molar-refractivity contribution in [2.24, 2.45) is 7.05 Å². The van der Waals surface area contributed by atoms with Gasteiger partial charge in [-0.1, -0.05) is 18.2 Å². The average Bonchev–Trinajstić information content (AvgIpc) is 2.85. The molecule has 2 rings (SSSR count). The van der Waals surface area contributed by atoms with E-state index >= 15 is 0 Å². The third kappa shape index (κ3) is 2.78. The Morgan fingerprint density at radius 1 is 1.26 bits per heavy atom. The molecule has 1 N–H and O–H groups in total. The first-order valence-electron chi connectivity index (χ1n) is 6.18. The van der Waals surface area contributed by atoms with Gasteiger partial charge in [-0.25, -0.2) is 0 Å². The normalized spacial score (nSPS) is 11.9. The first kappa shape index (κ1) is 13.2. The summed E-state index contributed by atoms with van der Waals surface area (Å²) >= 11 is 0. The first-order chi connectivity index (χ1) is 9.13. The van der Waals surface area contributed by atoms with Crippen molar-refractivity contribution in [2.75, 3.05) is 7.11 Å². The molecule has 0 spiro atoms. The van der Waals surface area contributed by atoms with Crippen LogP contribution in [0, 0.1) is 0 Å². The lowest BCUT2D eigenvalue weighted by Crippen LogP contribution is -2.28. The maximum atomic E-state index is 12.1. The number of carbonyl (C=O) groups excluding carboxylic acids is 1. The van der Waals surface area contributed by atoms with Gasteiger partial charge in [0.2, 0.25) is 0 Å². The fourth-order valence-electron chi connectivity index (χ4n) is 2.07. The van der Waals surface area contributed by atoms with Gasteiger partial charge in [-0.2, -0.15) is 0 Å². The second-order valence-electron chi connectivity index (χ2n) is 4.44. The monoisotopic (exact) mass is 258 g/mol. The predicted octanol–water partition coefficient (Wildman–Crippen LogP) is 2.52. The van der Waals surface area contributed by atoms with E-state index in [1.54, 1.807) is 17.7 Å².